The maximum absolute atomic E-state index is 13.0. The molecule has 1 aromatic carbocycles. The number of pyridine rings is 1. The molecule has 0 unspecified atom stereocenters. The van der Waals surface area contributed by atoms with Gasteiger partial charge in [-0.05, 0) is 18.2 Å². The predicted octanol–water partition coefficient (Wildman–Crippen LogP) is 2.35. The molecule has 0 aliphatic carbocycles. The lowest BCUT2D eigenvalue weighted by Crippen LogP contribution is -2.13. The molecular weight excluding hydrogens is 273 g/mol. The molecule has 0 saturated carbocycles. The first-order chi connectivity index (χ1) is 8.97. The minimum atomic E-state index is -0.711. The van der Waals surface area contributed by atoms with E-state index in [0.29, 0.717) is 0 Å². The lowest BCUT2D eigenvalue weighted by molar-refractivity contribution is 0.0998. The quantitative estimate of drug-likeness (QED) is 0.903. The molecular formula is C12H9ClFN3O2. The van der Waals surface area contributed by atoms with Crippen LogP contribution in [0.5, 0.6) is 11.5 Å². The molecule has 0 radical (unpaired) electrons. The first-order valence-corrected chi connectivity index (χ1v) is 5.53. The van der Waals surface area contributed by atoms with Gasteiger partial charge in [-0.3, -0.25) is 4.79 Å². The molecule has 19 heavy (non-hydrogen) atoms. The summed E-state index contributed by atoms with van der Waals surface area (Å²) in [5.74, 6) is -0.778. The minimum Gasteiger partial charge on any atom is -0.455 e. The van der Waals surface area contributed by atoms with Crippen LogP contribution >= 0.6 is 11.6 Å². The molecule has 2 aromatic rings. The van der Waals surface area contributed by atoms with E-state index >= 15 is 0 Å². The molecule has 1 heterocycles. The van der Waals surface area contributed by atoms with E-state index in [2.05, 4.69) is 4.98 Å². The summed E-state index contributed by atoms with van der Waals surface area (Å²) in [6.07, 6.45) is 1.26. The lowest BCUT2D eigenvalue weighted by Gasteiger charge is -2.09. The average Bonchev–Trinajstić information content (AvgIpc) is 2.36. The van der Waals surface area contributed by atoms with E-state index in [4.69, 9.17) is 27.8 Å². The lowest BCUT2D eigenvalue weighted by atomic mass is 10.2. The average molecular weight is 282 g/mol. The van der Waals surface area contributed by atoms with E-state index < -0.39 is 11.7 Å². The third-order valence-corrected chi connectivity index (χ3v) is 2.56. The van der Waals surface area contributed by atoms with E-state index in [1.165, 1.54) is 24.4 Å². The van der Waals surface area contributed by atoms with Crippen molar-refractivity contribution in [3.05, 3.63) is 46.9 Å². The summed E-state index contributed by atoms with van der Waals surface area (Å²) in [7, 11) is 0. The summed E-state index contributed by atoms with van der Waals surface area (Å²) >= 11 is 5.63. The van der Waals surface area contributed by atoms with Crippen molar-refractivity contribution in [1.82, 2.24) is 4.98 Å². The van der Waals surface area contributed by atoms with Crippen molar-refractivity contribution in [2.45, 2.75) is 0 Å². The van der Waals surface area contributed by atoms with Crippen LogP contribution in [0.25, 0.3) is 0 Å². The van der Waals surface area contributed by atoms with E-state index in [1.807, 2.05) is 0 Å². The molecule has 0 bridgehead atoms. The van der Waals surface area contributed by atoms with Gasteiger partial charge in [0.2, 0.25) is 0 Å². The van der Waals surface area contributed by atoms with Crippen molar-refractivity contribution in [3.63, 3.8) is 0 Å². The summed E-state index contributed by atoms with van der Waals surface area (Å²) in [4.78, 5) is 15.1. The highest BCUT2D eigenvalue weighted by atomic mass is 35.5. The fraction of sp³-hybridized carbons (Fsp3) is 0. The fourth-order valence-electron chi connectivity index (χ4n) is 1.40. The number of hydrogen-bond acceptors (Lipinski definition) is 4. The smallest absolute Gasteiger partial charge is 0.252 e. The second-order valence-electron chi connectivity index (χ2n) is 3.65. The standard InChI is InChI=1S/C12H9ClFN3O2/c13-8-3-6(1-2-9(8)14)19-10-5-17-11(15)4-7(10)12(16)18/h1-5H,(H2,15,17)(H2,16,18). The van der Waals surface area contributed by atoms with Gasteiger partial charge in [0, 0.05) is 6.07 Å². The number of nitrogens with two attached hydrogens (primary N) is 2. The normalized spacial score (nSPS) is 10.2. The maximum Gasteiger partial charge on any atom is 0.252 e. The first kappa shape index (κ1) is 13.1. The van der Waals surface area contributed by atoms with E-state index in [9.17, 15) is 9.18 Å². The summed E-state index contributed by atoms with van der Waals surface area (Å²) in [6.45, 7) is 0. The molecule has 4 N–H and O–H groups in total. The van der Waals surface area contributed by atoms with E-state index in [1.54, 1.807) is 0 Å². The van der Waals surface area contributed by atoms with Crippen LogP contribution in [0.15, 0.2) is 30.5 Å². The highest BCUT2D eigenvalue weighted by molar-refractivity contribution is 6.30. The SMILES string of the molecule is NC(=O)c1cc(N)ncc1Oc1ccc(F)c(Cl)c1. The number of halogens is 2. The van der Waals surface area contributed by atoms with Gasteiger partial charge in [-0.2, -0.15) is 0 Å². The Hall–Kier alpha value is -2.34. The second kappa shape index (κ2) is 5.11. The number of nitrogen functional groups attached to an aromatic ring is 1. The van der Waals surface area contributed by atoms with Crippen LogP contribution in [0.4, 0.5) is 10.2 Å². The molecule has 0 fully saturated rings. The number of anilines is 1. The number of carbonyl (C=O) groups excluding carboxylic acids is 1. The van der Waals surface area contributed by atoms with Gasteiger partial charge in [-0.1, -0.05) is 11.6 Å². The number of hydrogen-bond donors (Lipinski definition) is 2. The molecule has 98 valence electrons. The van der Waals surface area contributed by atoms with Crippen LogP contribution in [-0.4, -0.2) is 10.9 Å². The van der Waals surface area contributed by atoms with Crippen LogP contribution in [0, 0.1) is 5.82 Å². The first-order valence-electron chi connectivity index (χ1n) is 5.15. The Balaban J connectivity index is 2.37. The van der Waals surface area contributed by atoms with Crippen molar-refractivity contribution >= 4 is 23.3 Å². The molecule has 2 rings (SSSR count). The van der Waals surface area contributed by atoms with Crippen LogP contribution in [0.1, 0.15) is 10.4 Å². The third kappa shape index (κ3) is 2.92. The molecule has 5 nitrogen and oxygen atoms in total. The Bertz CT molecular complexity index is 649. The molecule has 7 heteroatoms. The van der Waals surface area contributed by atoms with Crippen LogP contribution in [0.2, 0.25) is 5.02 Å². The molecule has 0 aliphatic heterocycles. The summed E-state index contributed by atoms with van der Waals surface area (Å²) in [5, 5.41) is -0.0958. The van der Waals surface area contributed by atoms with Gasteiger partial charge >= 0.3 is 0 Å². The summed E-state index contributed by atoms with van der Waals surface area (Å²) < 4.78 is 18.4. The van der Waals surface area contributed by atoms with Crippen molar-refractivity contribution in [2.24, 2.45) is 5.73 Å². The number of aromatic nitrogens is 1. The zero-order chi connectivity index (χ0) is 14.0. The van der Waals surface area contributed by atoms with Crippen molar-refractivity contribution in [2.75, 3.05) is 5.73 Å². The molecule has 0 aliphatic rings. The largest absolute Gasteiger partial charge is 0.455 e. The van der Waals surface area contributed by atoms with Gasteiger partial charge < -0.3 is 16.2 Å². The summed E-state index contributed by atoms with van der Waals surface area (Å²) in [6, 6.07) is 5.08. The minimum absolute atomic E-state index is 0.0768. The summed E-state index contributed by atoms with van der Waals surface area (Å²) in [5.41, 5.74) is 10.7. The third-order valence-electron chi connectivity index (χ3n) is 2.27. The van der Waals surface area contributed by atoms with Gasteiger partial charge in [0.05, 0.1) is 16.8 Å². The van der Waals surface area contributed by atoms with Crippen LogP contribution in [0.3, 0.4) is 0 Å². The van der Waals surface area contributed by atoms with Crippen molar-refractivity contribution in [1.29, 1.82) is 0 Å². The highest BCUT2D eigenvalue weighted by Crippen LogP contribution is 2.28. The molecule has 1 amide bonds. The van der Waals surface area contributed by atoms with E-state index in [-0.39, 0.29) is 27.9 Å². The molecule has 0 spiro atoms. The number of nitrogens with zero attached hydrogens (tertiary/aromatic N) is 1. The van der Waals surface area contributed by atoms with Crippen LogP contribution in [-0.2, 0) is 0 Å². The Morgan fingerprint density at radius 3 is 2.74 bits per heavy atom. The zero-order valence-electron chi connectivity index (χ0n) is 9.56. The number of ether oxygens (including phenoxy) is 1. The molecule has 0 saturated heterocycles. The van der Waals surface area contributed by atoms with Gasteiger partial charge in [-0.15, -0.1) is 0 Å². The van der Waals surface area contributed by atoms with Crippen molar-refractivity contribution < 1.29 is 13.9 Å². The van der Waals surface area contributed by atoms with Crippen LogP contribution < -0.4 is 16.2 Å². The number of rotatable bonds is 3. The van der Waals surface area contributed by atoms with E-state index in [0.717, 1.165) is 6.07 Å². The Morgan fingerprint density at radius 1 is 1.37 bits per heavy atom. The number of benzene rings is 1. The highest BCUT2D eigenvalue weighted by Gasteiger charge is 2.12. The van der Waals surface area contributed by atoms with Gasteiger partial charge in [0.15, 0.2) is 5.75 Å². The van der Waals surface area contributed by atoms with Gasteiger partial charge in [0.1, 0.15) is 17.4 Å². The Kier molecular flexibility index (Phi) is 3.52. The monoisotopic (exact) mass is 281 g/mol. The molecule has 0 atom stereocenters. The second-order valence-corrected chi connectivity index (χ2v) is 4.05. The topological polar surface area (TPSA) is 91.2 Å². The molecule has 1 aromatic heterocycles. The zero-order valence-corrected chi connectivity index (χ0v) is 10.3. The van der Waals surface area contributed by atoms with Gasteiger partial charge in [-0.25, -0.2) is 9.37 Å². The Labute approximate surface area is 112 Å². The predicted molar refractivity (Wildman–Crippen MR) is 68.7 cm³/mol. The van der Waals surface area contributed by atoms with Crippen molar-refractivity contribution in [3.8, 4) is 11.5 Å². The number of carbonyl (C=O) groups is 1. The fourth-order valence-corrected chi connectivity index (χ4v) is 1.57. The number of primary amides is 1. The maximum atomic E-state index is 13.0. The Morgan fingerprint density at radius 2 is 2.11 bits per heavy atom. The van der Waals surface area contributed by atoms with Gasteiger partial charge in [0.25, 0.3) is 5.91 Å². The number of amides is 1.